The highest BCUT2D eigenvalue weighted by molar-refractivity contribution is 5.62. The fourth-order valence-corrected chi connectivity index (χ4v) is 2.09. The lowest BCUT2D eigenvalue weighted by Crippen LogP contribution is -2.01. The molecule has 2 unspecified atom stereocenters. The minimum absolute atomic E-state index is 0.0292. The lowest BCUT2D eigenvalue weighted by atomic mass is 10.1. The average molecular weight is 244 g/mol. The minimum Gasteiger partial charge on any atom is -0.508 e. The van der Waals surface area contributed by atoms with E-state index in [4.69, 9.17) is 5.73 Å². The molecule has 1 saturated carbocycles. The molecule has 1 heterocycles. The van der Waals surface area contributed by atoms with Crippen molar-refractivity contribution in [2.24, 2.45) is 5.73 Å². The van der Waals surface area contributed by atoms with Gasteiger partial charge < -0.3 is 10.8 Å². The quantitative estimate of drug-likeness (QED) is 0.852. The minimum atomic E-state index is -0.392. The molecule has 3 nitrogen and oxygen atoms in total. The number of nitrogens with two attached hydrogens (primary N) is 1. The second kappa shape index (κ2) is 4.07. The van der Waals surface area contributed by atoms with Crippen LogP contribution in [0.15, 0.2) is 36.5 Å². The molecule has 1 aromatic carbocycles. The lowest BCUT2D eigenvalue weighted by Gasteiger charge is -2.05. The number of aromatic nitrogens is 1. The van der Waals surface area contributed by atoms with Gasteiger partial charge >= 0.3 is 0 Å². The Bertz CT molecular complexity index is 583. The summed E-state index contributed by atoms with van der Waals surface area (Å²) in [4.78, 5) is 4.24. The molecule has 3 rings (SSSR count). The monoisotopic (exact) mass is 244 g/mol. The van der Waals surface area contributed by atoms with Crippen LogP contribution in [0.3, 0.4) is 0 Å². The first kappa shape index (κ1) is 11.2. The second-order valence-electron chi connectivity index (χ2n) is 4.65. The molecule has 0 aliphatic heterocycles. The van der Waals surface area contributed by atoms with Crippen LogP contribution in [0.2, 0.25) is 0 Å². The Kier molecular flexibility index (Phi) is 2.52. The first-order valence-electron chi connectivity index (χ1n) is 5.85. The van der Waals surface area contributed by atoms with Crippen LogP contribution in [0.5, 0.6) is 5.75 Å². The largest absolute Gasteiger partial charge is 0.508 e. The number of halogens is 1. The van der Waals surface area contributed by atoms with Crippen molar-refractivity contribution in [3.8, 4) is 17.0 Å². The van der Waals surface area contributed by atoms with Gasteiger partial charge in [-0.2, -0.15) is 0 Å². The zero-order valence-corrected chi connectivity index (χ0v) is 9.68. The van der Waals surface area contributed by atoms with Crippen molar-refractivity contribution >= 4 is 0 Å². The third-order valence-corrected chi connectivity index (χ3v) is 3.28. The summed E-state index contributed by atoms with van der Waals surface area (Å²) in [7, 11) is 0. The van der Waals surface area contributed by atoms with E-state index in [-0.39, 0.29) is 11.8 Å². The Morgan fingerprint density at radius 1 is 1.28 bits per heavy atom. The maximum Gasteiger partial charge on any atom is 0.132 e. The predicted octanol–water partition coefficient (Wildman–Crippen LogP) is 2.41. The molecule has 92 valence electrons. The second-order valence-corrected chi connectivity index (χ2v) is 4.65. The summed E-state index contributed by atoms with van der Waals surface area (Å²) in [6.07, 6.45) is 2.72. The van der Waals surface area contributed by atoms with Crippen molar-refractivity contribution in [3.63, 3.8) is 0 Å². The van der Waals surface area contributed by atoms with Crippen molar-refractivity contribution in [1.82, 2.24) is 4.98 Å². The van der Waals surface area contributed by atoms with Gasteiger partial charge in [-0.1, -0.05) is 6.07 Å². The highest BCUT2D eigenvalue weighted by atomic mass is 19.1. The maximum atomic E-state index is 13.6. The molecule has 4 heteroatoms. The molecule has 0 amide bonds. The highest BCUT2D eigenvalue weighted by Crippen LogP contribution is 2.39. The molecule has 2 atom stereocenters. The van der Waals surface area contributed by atoms with Crippen LogP contribution in [0.1, 0.15) is 17.9 Å². The molecule has 1 aliphatic carbocycles. The molecule has 1 aliphatic rings. The molecule has 0 spiro atoms. The van der Waals surface area contributed by atoms with E-state index in [9.17, 15) is 9.50 Å². The van der Waals surface area contributed by atoms with E-state index in [1.54, 1.807) is 12.3 Å². The van der Waals surface area contributed by atoms with Gasteiger partial charge in [0.1, 0.15) is 11.6 Å². The maximum absolute atomic E-state index is 13.6. The fourth-order valence-electron chi connectivity index (χ4n) is 2.09. The Labute approximate surface area is 104 Å². The number of phenolic OH excluding ortho intramolecular Hbond substituents is 1. The van der Waals surface area contributed by atoms with E-state index in [1.165, 1.54) is 18.2 Å². The zero-order chi connectivity index (χ0) is 12.7. The SMILES string of the molecule is NC1CC1c1ccc(-c2cc(O)ccc2F)nc1. The number of hydrogen-bond donors (Lipinski definition) is 2. The normalized spacial score (nSPS) is 21.9. The van der Waals surface area contributed by atoms with Gasteiger partial charge in [0.25, 0.3) is 0 Å². The third kappa shape index (κ3) is 1.95. The Balaban J connectivity index is 1.94. The Hall–Kier alpha value is -1.94. The molecule has 1 fully saturated rings. The standard InChI is InChI=1S/C14H13FN2O/c15-12-3-2-9(18)5-11(12)14-4-1-8(7-17-14)10-6-13(10)16/h1-5,7,10,13,18H,6,16H2. The van der Waals surface area contributed by atoms with E-state index in [0.717, 1.165) is 12.0 Å². The molecule has 18 heavy (non-hydrogen) atoms. The van der Waals surface area contributed by atoms with Crippen LogP contribution < -0.4 is 5.73 Å². The van der Waals surface area contributed by atoms with Crippen LogP contribution in [-0.2, 0) is 0 Å². The van der Waals surface area contributed by atoms with Crippen molar-refractivity contribution < 1.29 is 9.50 Å². The van der Waals surface area contributed by atoms with Gasteiger partial charge in [0.15, 0.2) is 0 Å². The van der Waals surface area contributed by atoms with Crippen LogP contribution in [0, 0.1) is 5.82 Å². The number of pyridine rings is 1. The van der Waals surface area contributed by atoms with E-state index >= 15 is 0 Å². The first-order chi connectivity index (χ1) is 8.65. The third-order valence-electron chi connectivity index (χ3n) is 3.28. The van der Waals surface area contributed by atoms with Gasteiger partial charge in [0.2, 0.25) is 0 Å². The van der Waals surface area contributed by atoms with E-state index in [2.05, 4.69) is 4.98 Å². The topological polar surface area (TPSA) is 59.1 Å². The van der Waals surface area contributed by atoms with E-state index in [1.807, 2.05) is 6.07 Å². The number of rotatable bonds is 2. The average Bonchev–Trinajstić information content (AvgIpc) is 3.10. The zero-order valence-electron chi connectivity index (χ0n) is 9.68. The van der Waals surface area contributed by atoms with Crippen LogP contribution in [0.25, 0.3) is 11.3 Å². The number of hydrogen-bond acceptors (Lipinski definition) is 3. The summed E-state index contributed by atoms with van der Waals surface area (Å²) in [6.45, 7) is 0. The number of nitrogens with zero attached hydrogens (tertiary/aromatic N) is 1. The summed E-state index contributed by atoms with van der Waals surface area (Å²) >= 11 is 0. The molecule has 1 aromatic heterocycles. The summed E-state index contributed by atoms with van der Waals surface area (Å²) < 4.78 is 13.6. The predicted molar refractivity (Wildman–Crippen MR) is 66.6 cm³/mol. The summed E-state index contributed by atoms with van der Waals surface area (Å²) in [5, 5.41) is 9.38. The van der Waals surface area contributed by atoms with Crippen LogP contribution >= 0.6 is 0 Å². The van der Waals surface area contributed by atoms with Gasteiger partial charge in [0.05, 0.1) is 5.69 Å². The Morgan fingerprint density at radius 2 is 2.06 bits per heavy atom. The molecule has 2 aromatic rings. The molecule has 0 radical (unpaired) electrons. The Morgan fingerprint density at radius 3 is 2.67 bits per heavy atom. The molecule has 0 bridgehead atoms. The molecular weight excluding hydrogens is 231 g/mol. The van der Waals surface area contributed by atoms with Crippen molar-refractivity contribution in [1.29, 1.82) is 0 Å². The van der Waals surface area contributed by atoms with Gasteiger partial charge in [-0.05, 0) is 36.2 Å². The van der Waals surface area contributed by atoms with Crippen molar-refractivity contribution in [2.75, 3.05) is 0 Å². The van der Waals surface area contributed by atoms with Gasteiger partial charge in [-0.15, -0.1) is 0 Å². The van der Waals surface area contributed by atoms with Crippen molar-refractivity contribution in [2.45, 2.75) is 18.4 Å². The summed E-state index contributed by atoms with van der Waals surface area (Å²) in [5.74, 6) is 0.0261. The number of aromatic hydroxyl groups is 1. The smallest absolute Gasteiger partial charge is 0.132 e. The van der Waals surface area contributed by atoms with E-state index < -0.39 is 5.82 Å². The van der Waals surface area contributed by atoms with Gasteiger partial charge in [0, 0.05) is 23.7 Å². The number of phenols is 1. The van der Waals surface area contributed by atoms with Gasteiger partial charge in [-0.25, -0.2) is 4.39 Å². The van der Waals surface area contributed by atoms with E-state index in [0.29, 0.717) is 17.2 Å². The molecular formula is C14H13FN2O. The summed E-state index contributed by atoms with van der Waals surface area (Å²) in [5.41, 5.74) is 7.68. The van der Waals surface area contributed by atoms with Crippen LogP contribution in [0.4, 0.5) is 4.39 Å². The lowest BCUT2D eigenvalue weighted by molar-refractivity contribution is 0.473. The summed E-state index contributed by atoms with van der Waals surface area (Å²) in [6, 6.07) is 7.84. The fraction of sp³-hybridized carbons (Fsp3) is 0.214. The first-order valence-corrected chi connectivity index (χ1v) is 5.85. The van der Waals surface area contributed by atoms with Gasteiger partial charge in [-0.3, -0.25) is 4.98 Å². The van der Waals surface area contributed by atoms with Crippen molar-refractivity contribution in [3.05, 3.63) is 47.9 Å². The molecule has 0 saturated heterocycles. The van der Waals surface area contributed by atoms with Crippen LogP contribution in [-0.4, -0.2) is 16.1 Å². The highest BCUT2D eigenvalue weighted by Gasteiger charge is 2.34. The molecule has 3 N–H and O–H groups in total. The number of benzene rings is 1.